The van der Waals surface area contributed by atoms with Crippen molar-refractivity contribution in [3.63, 3.8) is 0 Å². The zero-order valence-electron chi connectivity index (χ0n) is 15.4. The average molecular weight is 378 g/mol. The highest BCUT2D eigenvalue weighted by molar-refractivity contribution is 7.10. The van der Waals surface area contributed by atoms with Crippen molar-refractivity contribution in [1.82, 2.24) is 5.32 Å². The highest BCUT2D eigenvalue weighted by atomic mass is 32.1. The van der Waals surface area contributed by atoms with Crippen molar-refractivity contribution < 1.29 is 9.59 Å². The predicted molar refractivity (Wildman–Crippen MR) is 110 cm³/mol. The molecule has 1 unspecified atom stereocenters. The lowest BCUT2D eigenvalue weighted by molar-refractivity contribution is -0.119. The van der Waals surface area contributed by atoms with Gasteiger partial charge in [-0.15, -0.1) is 11.3 Å². The van der Waals surface area contributed by atoms with E-state index < -0.39 is 0 Å². The van der Waals surface area contributed by atoms with Gasteiger partial charge in [-0.05, 0) is 43.0 Å². The van der Waals surface area contributed by atoms with Crippen molar-refractivity contribution in [2.45, 2.75) is 19.9 Å². The van der Waals surface area contributed by atoms with E-state index in [9.17, 15) is 9.59 Å². The Hall–Kier alpha value is -2.92. The standard InChI is InChI=1S/C22H22N2O2S/c1-15-9-11-17(12-10-15)22(20-8-5-13-27-20)24-21(26)14-23-19-7-4-3-6-18(19)16(2)25/h3-13,22-23H,14H2,1-2H3,(H,24,26). The number of para-hydroxylation sites is 1. The van der Waals surface area contributed by atoms with Crippen LogP contribution in [0, 0.1) is 6.92 Å². The topological polar surface area (TPSA) is 58.2 Å². The molecule has 0 fully saturated rings. The molecule has 0 spiro atoms. The van der Waals surface area contributed by atoms with E-state index in [1.165, 1.54) is 12.5 Å². The van der Waals surface area contributed by atoms with Gasteiger partial charge < -0.3 is 10.6 Å². The Morgan fingerprint density at radius 3 is 2.41 bits per heavy atom. The van der Waals surface area contributed by atoms with Crippen molar-refractivity contribution >= 4 is 28.7 Å². The van der Waals surface area contributed by atoms with Gasteiger partial charge in [0, 0.05) is 16.1 Å². The Bertz CT molecular complexity index is 918. The van der Waals surface area contributed by atoms with Gasteiger partial charge in [-0.25, -0.2) is 0 Å². The second-order valence-corrected chi connectivity index (χ2v) is 7.36. The van der Waals surface area contributed by atoms with E-state index in [1.54, 1.807) is 23.5 Å². The third-order valence-corrected chi connectivity index (χ3v) is 5.23. The molecule has 138 valence electrons. The molecule has 1 atom stereocenters. The smallest absolute Gasteiger partial charge is 0.240 e. The first-order chi connectivity index (χ1) is 13.0. The molecule has 3 rings (SSSR count). The summed E-state index contributed by atoms with van der Waals surface area (Å²) in [5.74, 6) is -0.165. The predicted octanol–water partition coefficient (Wildman–Crippen LogP) is 4.58. The van der Waals surface area contributed by atoms with Gasteiger partial charge in [-0.1, -0.05) is 48.0 Å². The molecule has 0 aliphatic rings. The Balaban J connectivity index is 1.72. The van der Waals surface area contributed by atoms with Crippen LogP contribution in [-0.2, 0) is 4.79 Å². The van der Waals surface area contributed by atoms with Crippen LogP contribution < -0.4 is 10.6 Å². The van der Waals surface area contributed by atoms with Gasteiger partial charge in [0.2, 0.25) is 5.91 Å². The lowest BCUT2D eigenvalue weighted by Gasteiger charge is -2.19. The largest absolute Gasteiger partial charge is 0.376 e. The molecule has 0 radical (unpaired) electrons. The third kappa shape index (κ3) is 4.83. The van der Waals surface area contributed by atoms with E-state index >= 15 is 0 Å². The van der Waals surface area contributed by atoms with Crippen molar-refractivity contribution in [2.75, 3.05) is 11.9 Å². The maximum atomic E-state index is 12.6. The summed E-state index contributed by atoms with van der Waals surface area (Å²) in [4.78, 5) is 25.4. The van der Waals surface area contributed by atoms with Crippen LogP contribution in [0.25, 0.3) is 0 Å². The van der Waals surface area contributed by atoms with Crippen molar-refractivity contribution in [3.05, 3.63) is 87.6 Å². The van der Waals surface area contributed by atoms with E-state index in [1.807, 2.05) is 60.8 Å². The van der Waals surface area contributed by atoms with Crippen molar-refractivity contribution in [2.24, 2.45) is 0 Å². The zero-order chi connectivity index (χ0) is 19.2. The molecule has 0 saturated heterocycles. The molecule has 2 aromatic carbocycles. The normalized spacial score (nSPS) is 11.6. The minimum absolute atomic E-state index is 0.0328. The maximum Gasteiger partial charge on any atom is 0.240 e. The van der Waals surface area contributed by atoms with Crippen LogP contribution in [0.15, 0.2) is 66.0 Å². The molecule has 3 aromatic rings. The van der Waals surface area contributed by atoms with Gasteiger partial charge in [0.05, 0.1) is 12.6 Å². The number of nitrogens with one attached hydrogen (secondary N) is 2. The van der Waals surface area contributed by atoms with Gasteiger partial charge >= 0.3 is 0 Å². The highest BCUT2D eigenvalue weighted by Gasteiger charge is 2.18. The van der Waals surface area contributed by atoms with Crippen LogP contribution in [0.5, 0.6) is 0 Å². The first-order valence-electron chi connectivity index (χ1n) is 8.78. The lowest BCUT2D eigenvalue weighted by atomic mass is 10.0. The Morgan fingerprint density at radius 2 is 1.74 bits per heavy atom. The average Bonchev–Trinajstić information content (AvgIpc) is 3.20. The fraction of sp³-hybridized carbons (Fsp3) is 0.182. The summed E-state index contributed by atoms with van der Waals surface area (Å²) in [6, 6.07) is 19.2. The Morgan fingerprint density at radius 1 is 1.00 bits per heavy atom. The van der Waals surface area contributed by atoms with Crippen LogP contribution in [0.1, 0.15) is 39.3 Å². The quantitative estimate of drug-likeness (QED) is 0.592. The second-order valence-electron chi connectivity index (χ2n) is 6.38. The second kappa shape index (κ2) is 8.64. The summed E-state index contributed by atoms with van der Waals surface area (Å²) < 4.78 is 0. The summed E-state index contributed by atoms with van der Waals surface area (Å²) in [5, 5.41) is 8.18. The molecule has 5 heteroatoms. The molecule has 0 saturated carbocycles. The molecule has 4 nitrogen and oxygen atoms in total. The molecule has 1 amide bonds. The number of hydrogen-bond acceptors (Lipinski definition) is 4. The summed E-state index contributed by atoms with van der Waals surface area (Å²) in [6.07, 6.45) is 0. The summed E-state index contributed by atoms with van der Waals surface area (Å²) in [7, 11) is 0. The number of carbonyl (C=O) groups excluding carboxylic acids is 2. The molecular formula is C22H22N2O2S. The molecule has 2 N–H and O–H groups in total. The molecule has 1 aromatic heterocycles. The molecule has 1 heterocycles. The Labute approximate surface area is 163 Å². The summed E-state index contributed by atoms with van der Waals surface area (Å²) >= 11 is 1.61. The molecular weight excluding hydrogens is 356 g/mol. The first-order valence-corrected chi connectivity index (χ1v) is 9.65. The van der Waals surface area contributed by atoms with Crippen molar-refractivity contribution in [1.29, 1.82) is 0 Å². The molecule has 0 aliphatic heterocycles. The van der Waals surface area contributed by atoms with Crippen LogP contribution in [-0.4, -0.2) is 18.2 Å². The van der Waals surface area contributed by atoms with Crippen LogP contribution in [0.4, 0.5) is 5.69 Å². The van der Waals surface area contributed by atoms with Gasteiger partial charge in [0.15, 0.2) is 5.78 Å². The minimum atomic E-state index is -0.192. The fourth-order valence-corrected chi connectivity index (χ4v) is 3.67. The minimum Gasteiger partial charge on any atom is -0.376 e. The fourth-order valence-electron chi connectivity index (χ4n) is 2.86. The van der Waals surface area contributed by atoms with Crippen molar-refractivity contribution in [3.8, 4) is 0 Å². The van der Waals surface area contributed by atoms with Gasteiger partial charge in [0.1, 0.15) is 0 Å². The number of rotatable bonds is 7. The molecule has 27 heavy (non-hydrogen) atoms. The number of thiophene rings is 1. The van der Waals surface area contributed by atoms with Gasteiger partial charge in [0.25, 0.3) is 0 Å². The summed E-state index contributed by atoms with van der Waals surface area (Å²) in [6.45, 7) is 3.65. The van der Waals surface area contributed by atoms with Crippen LogP contribution in [0.3, 0.4) is 0 Å². The first kappa shape index (κ1) is 18.9. The van der Waals surface area contributed by atoms with Gasteiger partial charge in [-0.2, -0.15) is 0 Å². The number of amides is 1. The monoisotopic (exact) mass is 378 g/mol. The number of aryl methyl sites for hydroxylation is 1. The number of hydrogen-bond donors (Lipinski definition) is 2. The number of anilines is 1. The molecule has 0 aliphatic carbocycles. The van der Waals surface area contributed by atoms with E-state index in [2.05, 4.69) is 10.6 Å². The molecule has 0 bridgehead atoms. The highest BCUT2D eigenvalue weighted by Crippen LogP contribution is 2.26. The van der Waals surface area contributed by atoms with E-state index in [0.717, 1.165) is 10.4 Å². The van der Waals surface area contributed by atoms with Gasteiger partial charge in [-0.3, -0.25) is 9.59 Å². The zero-order valence-corrected chi connectivity index (χ0v) is 16.2. The van der Waals surface area contributed by atoms with E-state index in [0.29, 0.717) is 11.3 Å². The maximum absolute atomic E-state index is 12.6. The Kier molecular flexibility index (Phi) is 6.04. The number of benzene rings is 2. The third-order valence-electron chi connectivity index (χ3n) is 4.29. The number of Topliss-reactive ketones (excluding diaryl/α,β-unsaturated/α-hetero) is 1. The SMILES string of the molecule is CC(=O)c1ccccc1NCC(=O)NC(c1ccc(C)cc1)c1cccs1. The summed E-state index contributed by atoms with van der Waals surface area (Å²) in [5.41, 5.74) is 3.47. The van der Waals surface area contributed by atoms with Crippen LogP contribution >= 0.6 is 11.3 Å². The number of ketones is 1. The lowest BCUT2D eigenvalue weighted by Crippen LogP contribution is -2.33. The number of carbonyl (C=O) groups is 2. The van der Waals surface area contributed by atoms with E-state index in [-0.39, 0.29) is 24.3 Å². The van der Waals surface area contributed by atoms with E-state index in [4.69, 9.17) is 0 Å². The van der Waals surface area contributed by atoms with Crippen LogP contribution in [0.2, 0.25) is 0 Å².